The van der Waals surface area contributed by atoms with E-state index in [0.717, 1.165) is 5.56 Å². The topological polar surface area (TPSA) is 75.7 Å². The number of amides is 2. The number of nitrogens with zero attached hydrogens (tertiary/aromatic N) is 1. The molecule has 0 atom stereocenters. The van der Waals surface area contributed by atoms with Crippen molar-refractivity contribution in [2.24, 2.45) is 5.41 Å². The molecule has 2 amide bonds. The zero-order valence-electron chi connectivity index (χ0n) is 15.0. The number of likely N-dealkylation sites (N-methyl/N-ethyl adjacent to an activating group) is 1. The number of nitrogens with one attached hydrogen (secondary N) is 1. The van der Waals surface area contributed by atoms with E-state index in [9.17, 15) is 14.4 Å². The molecule has 0 bridgehead atoms. The SMILES string of the molecule is Cc1ccc(NC(=O)CN(C)C(=O)COC(=O)CC(C)(C)C)cc1. The Kier molecular flexibility index (Phi) is 6.95. The van der Waals surface area contributed by atoms with Crippen LogP contribution in [0.4, 0.5) is 5.69 Å². The molecular weight excluding hydrogens is 308 g/mol. The Morgan fingerprint density at radius 3 is 2.25 bits per heavy atom. The first-order valence-corrected chi connectivity index (χ1v) is 7.83. The van der Waals surface area contributed by atoms with Crippen molar-refractivity contribution in [3.8, 4) is 0 Å². The number of anilines is 1. The Morgan fingerprint density at radius 1 is 1.12 bits per heavy atom. The van der Waals surface area contributed by atoms with Crippen LogP contribution < -0.4 is 5.32 Å². The summed E-state index contributed by atoms with van der Waals surface area (Å²) in [6.07, 6.45) is 0.234. The number of hydrogen-bond donors (Lipinski definition) is 1. The molecule has 6 nitrogen and oxygen atoms in total. The van der Waals surface area contributed by atoms with Crippen LogP contribution in [0, 0.1) is 12.3 Å². The molecule has 0 unspecified atom stereocenters. The number of aryl methyl sites for hydroxylation is 1. The predicted molar refractivity (Wildman–Crippen MR) is 92.5 cm³/mol. The van der Waals surface area contributed by atoms with Gasteiger partial charge in [0, 0.05) is 12.7 Å². The highest BCUT2D eigenvalue weighted by Gasteiger charge is 2.19. The fourth-order valence-corrected chi connectivity index (χ4v) is 1.88. The van der Waals surface area contributed by atoms with E-state index in [2.05, 4.69) is 5.32 Å². The molecular formula is C18H26N2O4. The van der Waals surface area contributed by atoms with Crippen LogP contribution in [0.3, 0.4) is 0 Å². The molecule has 0 aliphatic carbocycles. The van der Waals surface area contributed by atoms with E-state index in [1.54, 1.807) is 12.1 Å². The molecule has 0 fully saturated rings. The Labute approximate surface area is 143 Å². The summed E-state index contributed by atoms with van der Waals surface area (Å²) in [6.45, 7) is 7.23. The van der Waals surface area contributed by atoms with Crippen LogP contribution in [0.5, 0.6) is 0 Å². The van der Waals surface area contributed by atoms with Crippen molar-refractivity contribution in [3.05, 3.63) is 29.8 Å². The van der Waals surface area contributed by atoms with E-state index in [4.69, 9.17) is 4.74 Å². The lowest BCUT2D eigenvalue weighted by Gasteiger charge is -2.19. The molecule has 24 heavy (non-hydrogen) atoms. The molecule has 0 aliphatic heterocycles. The average molecular weight is 334 g/mol. The third kappa shape index (κ3) is 7.76. The summed E-state index contributed by atoms with van der Waals surface area (Å²) < 4.78 is 4.95. The zero-order valence-corrected chi connectivity index (χ0v) is 15.0. The molecule has 0 saturated heterocycles. The number of ether oxygens (including phenoxy) is 1. The van der Waals surface area contributed by atoms with Crippen molar-refractivity contribution in [1.82, 2.24) is 4.90 Å². The third-order valence-corrected chi connectivity index (χ3v) is 3.17. The summed E-state index contributed by atoms with van der Waals surface area (Å²) in [6, 6.07) is 7.37. The second-order valence-electron chi connectivity index (χ2n) is 7.06. The molecule has 1 N–H and O–H groups in total. The van der Waals surface area contributed by atoms with Gasteiger partial charge in [-0.3, -0.25) is 14.4 Å². The van der Waals surface area contributed by atoms with Gasteiger partial charge < -0.3 is 15.0 Å². The highest BCUT2D eigenvalue weighted by Crippen LogP contribution is 2.18. The molecule has 0 spiro atoms. The number of esters is 1. The number of carbonyl (C=O) groups is 3. The summed E-state index contributed by atoms with van der Waals surface area (Å²) in [5, 5.41) is 2.71. The molecule has 1 aromatic carbocycles. The largest absolute Gasteiger partial charge is 0.456 e. The second-order valence-corrected chi connectivity index (χ2v) is 7.06. The van der Waals surface area contributed by atoms with E-state index in [1.807, 2.05) is 39.8 Å². The van der Waals surface area contributed by atoms with Gasteiger partial charge in [0.15, 0.2) is 6.61 Å². The monoisotopic (exact) mass is 334 g/mol. The van der Waals surface area contributed by atoms with E-state index < -0.39 is 11.9 Å². The van der Waals surface area contributed by atoms with Gasteiger partial charge in [-0.05, 0) is 24.5 Å². The van der Waals surface area contributed by atoms with Crippen molar-refractivity contribution < 1.29 is 19.1 Å². The summed E-state index contributed by atoms with van der Waals surface area (Å²) in [5.74, 6) is -1.15. The molecule has 0 saturated carbocycles. The zero-order chi connectivity index (χ0) is 18.3. The molecule has 6 heteroatoms. The van der Waals surface area contributed by atoms with E-state index in [0.29, 0.717) is 5.69 Å². The van der Waals surface area contributed by atoms with Gasteiger partial charge in [0.25, 0.3) is 5.91 Å². The van der Waals surface area contributed by atoms with Crippen LogP contribution in [0.25, 0.3) is 0 Å². The van der Waals surface area contributed by atoms with Crippen LogP contribution >= 0.6 is 0 Å². The van der Waals surface area contributed by atoms with Gasteiger partial charge in [0.05, 0.1) is 13.0 Å². The highest BCUT2D eigenvalue weighted by molar-refractivity contribution is 5.94. The fraction of sp³-hybridized carbons (Fsp3) is 0.500. The minimum absolute atomic E-state index is 0.108. The Balaban J connectivity index is 2.39. The maximum Gasteiger partial charge on any atom is 0.306 e. The fourth-order valence-electron chi connectivity index (χ4n) is 1.88. The van der Waals surface area contributed by atoms with Gasteiger partial charge in [0.1, 0.15) is 0 Å². The quantitative estimate of drug-likeness (QED) is 0.811. The molecule has 132 valence electrons. The Hall–Kier alpha value is -2.37. The molecule has 1 rings (SSSR count). The normalized spacial score (nSPS) is 10.9. The number of carbonyl (C=O) groups excluding carboxylic acids is 3. The van der Waals surface area contributed by atoms with Gasteiger partial charge in [-0.25, -0.2) is 0 Å². The Bertz CT molecular complexity index is 588. The van der Waals surface area contributed by atoms with Crippen molar-refractivity contribution in [1.29, 1.82) is 0 Å². The summed E-state index contributed by atoms with van der Waals surface area (Å²) in [4.78, 5) is 36.7. The van der Waals surface area contributed by atoms with Gasteiger partial charge in [-0.2, -0.15) is 0 Å². The number of hydrogen-bond acceptors (Lipinski definition) is 4. The standard InChI is InChI=1S/C18H26N2O4/c1-13-6-8-14(9-7-13)19-15(21)11-20(5)16(22)12-24-17(23)10-18(2,3)4/h6-9H,10-12H2,1-5H3,(H,19,21). The van der Waals surface area contributed by atoms with Crippen LogP contribution in [0.1, 0.15) is 32.8 Å². The van der Waals surface area contributed by atoms with Crippen molar-refractivity contribution in [2.75, 3.05) is 25.5 Å². The molecule has 1 aromatic rings. The number of benzene rings is 1. The first kappa shape index (κ1) is 19.7. The molecule has 0 aliphatic rings. The van der Waals surface area contributed by atoms with Gasteiger partial charge in [-0.1, -0.05) is 38.5 Å². The lowest BCUT2D eigenvalue weighted by Crippen LogP contribution is -2.37. The molecule has 0 heterocycles. The molecule has 0 aromatic heterocycles. The average Bonchev–Trinajstić information content (AvgIpc) is 2.45. The van der Waals surface area contributed by atoms with Crippen LogP contribution in [0.2, 0.25) is 0 Å². The summed E-state index contributed by atoms with van der Waals surface area (Å²) >= 11 is 0. The second kappa shape index (κ2) is 8.47. The first-order chi connectivity index (χ1) is 11.1. The smallest absolute Gasteiger partial charge is 0.306 e. The molecule has 0 radical (unpaired) electrons. The third-order valence-electron chi connectivity index (χ3n) is 3.17. The predicted octanol–water partition coefficient (Wildman–Crippen LogP) is 2.37. The maximum atomic E-state index is 11.9. The van der Waals surface area contributed by atoms with Crippen molar-refractivity contribution >= 4 is 23.5 Å². The van der Waals surface area contributed by atoms with Gasteiger partial charge >= 0.3 is 5.97 Å². The lowest BCUT2D eigenvalue weighted by atomic mass is 9.92. The maximum absolute atomic E-state index is 11.9. The van der Waals surface area contributed by atoms with Gasteiger partial charge in [0.2, 0.25) is 5.91 Å². The Morgan fingerprint density at radius 2 is 1.71 bits per heavy atom. The van der Waals surface area contributed by atoms with Gasteiger partial charge in [-0.15, -0.1) is 0 Å². The van der Waals surface area contributed by atoms with E-state index in [1.165, 1.54) is 11.9 Å². The van der Waals surface area contributed by atoms with E-state index >= 15 is 0 Å². The lowest BCUT2D eigenvalue weighted by molar-refractivity contribution is -0.153. The van der Waals surface area contributed by atoms with Crippen LogP contribution in [0.15, 0.2) is 24.3 Å². The van der Waals surface area contributed by atoms with Crippen molar-refractivity contribution in [2.45, 2.75) is 34.1 Å². The minimum atomic E-state index is -0.423. The number of rotatable bonds is 6. The highest BCUT2D eigenvalue weighted by atomic mass is 16.5. The minimum Gasteiger partial charge on any atom is -0.456 e. The summed E-state index contributed by atoms with van der Waals surface area (Å²) in [5.41, 5.74) is 1.57. The van der Waals surface area contributed by atoms with Crippen LogP contribution in [-0.4, -0.2) is 42.9 Å². The van der Waals surface area contributed by atoms with Crippen LogP contribution in [-0.2, 0) is 19.1 Å². The van der Waals surface area contributed by atoms with Crippen molar-refractivity contribution in [3.63, 3.8) is 0 Å². The summed E-state index contributed by atoms with van der Waals surface area (Å²) in [7, 11) is 1.49. The van der Waals surface area contributed by atoms with E-state index in [-0.39, 0.29) is 30.9 Å². The first-order valence-electron chi connectivity index (χ1n) is 7.83.